The van der Waals surface area contributed by atoms with Gasteiger partial charge in [-0.15, -0.1) is 0 Å². The van der Waals surface area contributed by atoms with E-state index in [2.05, 4.69) is 15.3 Å². The Morgan fingerprint density at radius 1 is 1.00 bits per heavy atom. The third-order valence-corrected chi connectivity index (χ3v) is 6.11. The fraction of sp³-hybridized carbons (Fsp3) is 0.250. The van der Waals surface area contributed by atoms with E-state index in [1.54, 1.807) is 31.3 Å². The summed E-state index contributed by atoms with van der Waals surface area (Å²) in [7, 11) is 4.53. The van der Waals surface area contributed by atoms with Crippen LogP contribution in [0.15, 0.2) is 52.0 Å². The maximum atomic E-state index is 13.5. The van der Waals surface area contributed by atoms with Crippen LogP contribution in [0.2, 0.25) is 0 Å². The predicted octanol–water partition coefficient (Wildman–Crippen LogP) is 4.76. The molecule has 0 radical (unpaired) electrons. The monoisotopic (exact) mass is 503 g/mol. The SMILES string of the molecule is COc1cc(N=c2oc3c(C)ncc(CO)c3cc2C(=O)Nc2ccc(C)c(C)c2)cc(OC)c1OC. The number of hydrogen-bond donors (Lipinski definition) is 2. The molecule has 0 saturated carbocycles. The zero-order valence-corrected chi connectivity index (χ0v) is 21.6. The van der Waals surface area contributed by atoms with E-state index in [0.717, 1.165) is 11.1 Å². The van der Waals surface area contributed by atoms with Gasteiger partial charge >= 0.3 is 0 Å². The number of methoxy groups -OCH3 is 3. The number of hydrogen-bond acceptors (Lipinski definition) is 8. The number of ether oxygens (including phenoxy) is 3. The number of aliphatic hydroxyl groups excluding tert-OH is 1. The van der Waals surface area contributed by atoms with Crippen LogP contribution in [0, 0.1) is 20.8 Å². The van der Waals surface area contributed by atoms with E-state index >= 15 is 0 Å². The topological polar surface area (TPSA) is 115 Å². The summed E-state index contributed by atoms with van der Waals surface area (Å²) >= 11 is 0. The van der Waals surface area contributed by atoms with E-state index in [0.29, 0.717) is 50.8 Å². The number of nitrogens with one attached hydrogen (secondary N) is 1. The summed E-state index contributed by atoms with van der Waals surface area (Å²) in [6.07, 6.45) is 1.56. The van der Waals surface area contributed by atoms with Crippen molar-refractivity contribution in [3.8, 4) is 17.2 Å². The second-order valence-electron chi connectivity index (χ2n) is 8.48. The number of nitrogens with zero attached hydrogens (tertiary/aromatic N) is 2. The number of carbonyl (C=O) groups excluding carboxylic acids is 1. The standard InChI is InChI=1S/C28H29N3O6/c1-15-7-8-19(9-16(15)2)30-27(33)22-12-21-18(14-32)13-29-17(3)25(21)37-28(22)31-20-10-23(34-4)26(36-6)24(11-20)35-5/h7-13,32H,14H2,1-6H3,(H,30,33). The highest BCUT2D eigenvalue weighted by Crippen LogP contribution is 2.40. The van der Waals surface area contributed by atoms with Crippen LogP contribution in [-0.4, -0.2) is 37.3 Å². The first-order chi connectivity index (χ1) is 17.8. The van der Waals surface area contributed by atoms with Crippen LogP contribution in [0.4, 0.5) is 11.4 Å². The second-order valence-corrected chi connectivity index (χ2v) is 8.48. The maximum Gasteiger partial charge on any atom is 0.261 e. The minimum Gasteiger partial charge on any atom is -0.493 e. The third kappa shape index (κ3) is 5.12. The van der Waals surface area contributed by atoms with Crippen molar-refractivity contribution in [3.05, 3.63) is 76.1 Å². The van der Waals surface area contributed by atoms with Crippen molar-refractivity contribution in [2.24, 2.45) is 4.99 Å². The number of aromatic nitrogens is 1. The molecular formula is C28H29N3O6. The fourth-order valence-electron chi connectivity index (χ4n) is 3.93. The molecule has 0 saturated heterocycles. The Hall–Kier alpha value is -4.37. The second kappa shape index (κ2) is 10.7. The Kier molecular flexibility index (Phi) is 7.45. The molecule has 192 valence electrons. The summed E-state index contributed by atoms with van der Waals surface area (Å²) in [5, 5.41) is 13.4. The van der Waals surface area contributed by atoms with Gasteiger partial charge in [-0.05, 0) is 50.1 Å². The van der Waals surface area contributed by atoms with Crippen molar-refractivity contribution in [1.82, 2.24) is 4.98 Å². The van der Waals surface area contributed by atoms with Gasteiger partial charge in [0.2, 0.25) is 11.3 Å². The molecule has 0 aliphatic rings. The number of benzene rings is 2. The van der Waals surface area contributed by atoms with E-state index in [9.17, 15) is 9.90 Å². The number of aryl methyl sites for hydroxylation is 3. The van der Waals surface area contributed by atoms with E-state index in [4.69, 9.17) is 18.6 Å². The lowest BCUT2D eigenvalue weighted by atomic mass is 10.1. The molecule has 2 heterocycles. The van der Waals surface area contributed by atoms with Crippen LogP contribution in [0.1, 0.15) is 32.7 Å². The highest BCUT2D eigenvalue weighted by atomic mass is 16.5. The molecule has 4 rings (SSSR count). The van der Waals surface area contributed by atoms with Gasteiger partial charge in [0.1, 0.15) is 5.56 Å². The number of aliphatic hydroxyl groups is 1. The smallest absolute Gasteiger partial charge is 0.261 e. The summed E-state index contributed by atoms with van der Waals surface area (Å²) in [5.41, 5.74) is 5.00. The van der Waals surface area contributed by atoms with Crippen LogP contribution in [0.5, 0.6) is 17.2 Å². The first-order valence-electron chi connectivity index (χ1n) is 11.6. The Labute approximate surface area is 214 Å². The molecule has 37 heavy (non-hydrogen) atoms. The first-order valence-corrected chi connectivity index (χ1v) is 11.6. The Bertz CT molecular complexity index is 1530. The molecule has 9 nitrogen and oxygen atoms in total. The zero-order chi connectivity index (χ0) is 26.7. The van der Waals surface area contributed by atoms with Gasteiger partial charge in [-0.2, -0.15) is 0 Å². The normalized spacial score (nSPS) is 11.5. The Morgan fingerprint density at radius 2 is 1.70 bits per heavy atom. The Balaban J connectivity index is 1.95. The third-order valence-electron chi connectivity index (χ3n) is 6.11. The molecule has 0 fully saturated rings. The number of amides is 1. The number of pyridine rings is 1. The van der Waals surface area contributed by atoms with Gasteiger partial charge in [0.25, 0.3) is 5.91 Å². The molecule has 0 spiro atoms. The van der Waals surface area contributed by atoms with Crippen LogP contribution in [-0.2, 0) is 6.61 Å². The summed E-state index contributed by atoms with van der Waals surface area (Å²) in [6.45, 7) is 5.50. The fourth-order valence-corrected chi connectivity index (χ4v) is 3.93. The van der Waals surface area contributed by atoms with E-state index in [1.165, 1.54) is 21.3 Å². The summed E-state index contributed by atoms with van der Waals surface area (Å²) in [5.74, 6) is 0.809. The molecule has 0 unspecified atom stereocenters. The van der Waals surface area contributed by atoms with Gasteiger partial charge in [0, 0.05) is 35.0 Å². The summed E-state index contributed by atoms with van der Waals surface area (Å²) in [4.78, 5) is 22.5. The van der Waals surface area contributed by atoms with Crippen LogP contribution >= 0.6 is 0 Å². The zero-order valence-electron chi connectivity index (χ0n) is 21.6. The van der Waals surface area contributed by atoms with Gasteiger partial charge < -0.3 is 29.1 Å². The maximum absolute atomic E-state index is 13.5. The predicted molar refractivity (Wildman–Crippen MR) is 140 cm³/mol. The van der Waals surface area contributed by atoms with Gasteiger partial charge in [-0.3, -0.25) is 9.78 Å². The summed E-state index contributed by atoms with van der Waals surface area (Å²) < 4.78 is 22.4. The molecular weight excluding hydrogens is 474 g/mol. The quantitative estimate of drug-likeness (QED) is 0.374. The van der Waals surface area contributed by atoms with Crippen molar-refractivity contribution in [2.75, 3.05) is 26.6 Å². The molecule has 2 N–H and O–H groups in total. The molecule has 0 aliphatic heterocycles. The van der Waals surface area contributed by atoms with Gasteiger partial charge in [0.15, 0.2) is 17.1 Å². The van der Waals surface area contributed by atoms with Crippen LogP contribution in [0.3, 0.4) is 0 Å². The van der Waals surface area contributed by atoms with Gasteiger partial charge in [0.05, 0.1) is 39.3 Å². The number of anilines is 1. The molecule has 2 aromatic carbocycles. The first kappa shape index (κ1) is 25.7. The van der Waals surface area contributed by atoms with Gasteiger partial charge in [-0.25, -0.2) is 4.99 Å². The highest BCUT2D eigenvalue weighted by molar-refractivity contribution is 6.05. The number of rotatable bonds is 7. The average molecular weight is 504 g/mol. The van der Waals surface area contributed by atoms with Crippen molar-refractivity contribution in [2.45, 2.75) is 27.4 Å². The minimum atomic E-state index is -0.418. The molecule has 2 aromatic heterocycles. The molecule has 1 amide bonds. The summed E-state index contributed by atoms with van der Waals surface area (Å²) in [6, 6.07) is 10.6. The molecule has 4 aromatic rings. The lowest BCUT2D eigenvalue weighted by Crippen LogP contribution is -2.22. The lowest BCUT2D eigenvalue weighted by molar-refractivity contribution is 0.102. The van der Waals surface area contributed by atoms with Crippen LogP contribution in [0.25, 0.3) is 11.0 Å². The van der Waals surface area contributed by atoms with Crippen molar-refractivity contribution in [3.63, 3.8) is 0 Å². The average Bonchev–Trinajstić information content (AvgIpc) is 2.90. The molecule has 9 heteroatoms. The van der Waals surface area contributed by atoms with Crippen molar-refractivity contribution < 1.29 is 28.5 Å². The molecule has 0 aliphatic carbocycles. The van der Waals surface area contributed by atoms with Crippen molar-refractivity contribution >= 4 is 28.3 Å². The highest BCUT2D eigenvalue weighted by Gasteiger charge is 2.18. The molecule has 0 atom stereocenters. The van der Waals surface area contributed by atoms with Crippen molar-refractivity contribution in [1.29, 1.82) is 0 Å². The molecule has 0 bridgehead atoms. The van der Waals surface area contributed by atoms with E-state index < -0.39 is 5.91 Å². The van der Waals surface area contributed by atoms with E-state index in [-0.39, 0.29) is 17.7 Å². The van der Waals surface area contributed by atoms with Crippen LogP contribution < -0.4 is 25.1 Å². The minimum absolute atomic E-state index is 0.0584. The van der Waals surface area contributed by atoms with Gasteiger partial charge in [-0.1, -0.05) is 6.07 Å². The number of carbonyl (C=O) groups is 1. The number of fused-ring (bicyclic) bond motifs is 1. The van der Waals surface area contributed by atoms with E-state index in [1.807, 2.05) is 32.0 Å². The Morgan fingerprint density at radius 3 is 2.30 bits per heavy atom. The largest absolute Gasteiger partial charge is 0.493 e. The lowest BCUT2D eigenvalue weighted by Gasteiger charge is -2.13.